The van der Waals surface area contributed by atoms with Crippen molar-refractivity contribution in [3.05, 3.63) is 144 Å². The summed E-state index contributed by atoms with van der Waals surface area (Å²) in [6.45, 7) is 5.00. The molecule has 0 spiro atoms. The van der Waals surface area contributed by atoms with Gasteiger partial charge in [-0.15, -0.1) is 0 Å². The van der Waals surface area contributed by atoms with Crippen molar-refractivity contribution in [3.63, 3.8) is 0 Å². The Morgan fingerprint density at radius 3 is 1.93 bits per heavy atom. The van der Waals surface area contributed by atoms with E-state index in [0.717, 1.165) is 68.4 Å². The Hall–Kier alpha value is -5.68. The lowest BCUT2D eigenvalue weighted by atomic mass is 9.92. The molecular formula is C45H49F2N5O4. The molecule has 5 aromatic rings. The Balaban J connectivity index is 0.886. The molecule has 9 nitrogen and oxygen atoms in total. The number of carbonyl (C=O) groups excluding carboxylic acids is 1. The summed E-state index contributed by atoms with van der Waals surface area (Å²) in [4.78, 5) is 21.3. The van der Waals surface area contributed by atoms with Crippen molar-refractivity contribution in [1.82, 2.24) is 15.2 Å². The summed E-state index contributed by atoms with van der Waals surface area (Å²) in [5.41, 5.74) is 3.55. The van der Waals surface area contributed by atoms with E-state index >= 15 is 8.78 Å². The minimum Gasteiger partial charge on any atom is -0.473 e. The van der Waals surface area contributed by atoms with E-state index in [4.69, 9.17) is 14.2 Å². The number of benzene rings is 4. The van der Waals surface area contributed by atoms with Crippen molar-refractivity contribution in [3.8, 4) is 11.8 Å². The van der Waals surface area contributed by atoms with Crippen LogP contribution in [0.1, 0.15) is 48.8 Å². The van der Waals surface area contributed by atoms with Gasteiger partial charge in [0.2, 0.25) is 11.8 Å². The molecule has 3 heterocycles. The van der Waals surface area contributed by atoms with Crippen molar-refractivity contribution in [2.75, 3.05) is 42.9 Å². The standard InChI is InChI=1S/C45H49F2N5O4/c46-38-29-42(52-26-19-33(20-27-52)18-23-51-24-21-37(22-25-51)48-45(53)56-32-36-14-8-3-9-15-36)39(47)28-41(38)49-40-16-17-43(54-30-34-10-4-1-5-11-34)50-44(40)55-31-35-12-6-2-7-13-35/h1-17,28-29,33,37,49H,18-27,30-32H2,(H,48,53). The Labute approximate surface area is 327 Å². The maximum atomic E-state index is 15.7. The number of rotatable bonds is 15. The number of nitrogens with one attached hydrogen (secondary N) is 2. The van der Waals surface area contributed by atoms with Crippen LogP contribution in [0.25, 0.3) is 0 Å². The smallest absolute Gasteiger partial charge is 0.407 e. The van der Waals surface area contributed by atoms with Gasteiger partial charge in [0.25, 0.3) is 0 Å². The molecule has 11 heteroatoms. The second kappa shape index (κ2) is 19.3. The van der Waals surface area contributed by atoms with Gasteiger partial charge in [0, 0.05) is 50.4 Å². The van der Waals surface area contributed by atoms with E-state index < -0.39 is 11.6 Å². The number of halogens is 2. The number of amides is 1. The van der Waals surface area contributed by atoms with Crippen LogP contribution in [-0.2, 0) is 24.6 Å². The number of ether oxygens (including phenoxy) is 3. The van der Waals surface area contributed by atoms with Crippen molar-refractivity contribution in [2.24, 2.45) is 5.92 Å². The fourth-order valence-electron chi connectivity index (χ4n) is 7.25. The van der Waals surface area contributed by atoms with Crippen LogP contribution in [0, 0.1) is 17.6 Å². The zero-order valence-corrected chi connectivity index (χ0v) is 31.5. The SMILES string of the molecule is O=C(NC1CCN(CCC2CCN(c3cc(F)c(Nc4ccc(OCc5ccccc5)nc4OCc4ccccc4)cc3F)CC2)CC1)OCc1ccccc1. The van der Waals surface area contributed by atoms with Gasteiger partial charge in [-0.3, -0.25) is 0 Å². The van der Waals surface area contributed by atoms with Crippen molar-refractivity contribution >= 4 is 23.2 Å². The Morgan fingerprint density at radius 2 is 1.29 bits per heavy atom. The van der Waals surface area contributed by atoms with E-state index in [1.807, 2.05) is 95.9 Å². The topological polar surface area (TPSA) is 88.2 Å². The summed E-state index contributed by atoms with van der Waals surface area (Å²) in [7, 11) is 0. The highest BCUT2D eigenvalue weighted by atomic mass is 19.1. The van der Waals surface area contributed by atoms with E-state index in [9.17, 15) is 4.79 Å². The minimum absolute atomic E-state index is 0.00602. The highest BCUT2D eigenvalue weighted by Gasteiger charge is 2.26. The van der Waals surface area contributed by atoms with Gasteiger partial charge in [-0.1, -0.05) is 91.0 Å². The largest absolute Gasteiger partial charge is 0.473 e. The van der Waals surface area contributed by atoms with E-state index in [1.165, 1.54) is 12.1 Å². The molecular weight excluding hydrogens is 713 g/mol. The Bertz CT molecular complexity index is 1990. The Kier molecular flexibility index (Phi) is 13.3. The zero-order chi connectivity index (χ0) is 38.5. The molecule has 1 amide bonds. The van der Waals surface area contributed by atoms with Gasteiger partial charge in [0.15, 0.2) is 0 Å². The molecule has 0 unspecified atom stereocenters. The van der Waals surface area contributed by atoms with Crippen molar-refractivity contribution < 1.29 is 27.8 Å². The van der Waals surface area contributed by atoms with Crippen LogP contribution >= 0.6 is 0 Å². The van der Waals surface area contributed by atoms with Crippen LogP contribution in [-0.4, -0.2) is 54.7 Å². The summed E-state index contributed by atoms with van der Waals surface area (Å²) in [5, 5.41) is 6.04. The predicted octanol–water partition coefficient (Wildman–Crippen LogP) is 9.26. The normalized spacial score (nSPS) is 15.3. The fourth-order valence-corrected chi connectivity index (χ4v) is 7.25. The predicted molar refractivity (Wildman–Crippen MR) is 214 cm³/mol. The Morgan fingerprint density at radius 1 is 0.679 bits per heavy atom. The van der Waals surface area contributed by atoms with Crippen molar-refractivity contribution in [2.45, 2.75) is 58.0 Å². The first kappa shape index (κ1) is 38.6. The van der Waals surface area contributed by atoms with Crippen LogP contribution in [0.4, 0.5) is 30.6 Å². The van der Waals surface area contributed by atoms with Gasteiger partial charge in [-0.25, -0.2) is 13.6 Å². The van der Waals surface area contributed by atoms with E-state index in [1.54, 1.807) is 12.1 Å². The number of carbonyl (C=O) groups is 1. The van der Waals surface area contributed by atoms with E-state index in [0.29, 0.717) is 37.2 Å². The maximum absolute atomic E-state index is 15.7. The first-order chi connectivity index (χ1) is 27.4. The van der Waals surface area contributed by atoms with Gasteiger partial charge < -0.3 is 34.6 Å². The third-order valence-corrected chi connectivity index (χ3v) is 10.5. The van der Waals surface area contributed by atoms with Gasteiger partial charge in [-0.2, -0.15) is 4.98 Å². The van der Waals surface area contributed by atoms with E-state index in [2.05, 4.69) is 20.5 Å². The molecule has 0 radical (unpaired) electrons. The summed E-state index contributed by atoms with van der Waals surface area (Å²) < 4.78 is 48.7. The molecule has 2 aliphatic rings. The number of anilines is 3. The van der Waals surface area contributed by atoms with Crippen molar-refractivity contribution in [1.29, 1.82) is 0 Å². The fraction of sp³-hybridized carbons (Fsp3) is 0.333. The molecule has 2 fully saturated rings. The van der Waals surface area contributed by atoms with Gasteiger partial charge in [-0.05, 0) is 67.3 Å². The van der Waals surface area contributed by atoms with Crippen LogP contribution < -0.4 is 25.0 Å². The minimum atomic E-state index is -0.565. The maximum Gasteiger partial charge on any atom is 0.407 e. The van der Waals surface area contributed by atoms with E-state index in [-0.39, 0.29) is 42.6 Å². The van der Waals surface area contributed by atoms with Crippen LogP contribution in [0.15, 0.2) is 115 Å². The molecule has 0 atom stereocenters. The molecule has 0 saturated carbocycles. The molecule has 2 saturated heterocycles. The average molecular weight is 762 g/mol. The van der Waals surface area contributed by atoms with Gasteiger partial charge in [0.05, 0.1) is 11.4 Å². The molecule has 292 valence electrons. The molecule has 0 bridgehead atoms. The molecule has 4 aromatic carbocycles. The molecule has 56 heavy (non-hydrogen) atoms. The number of nitrogens with zero attached hydrogens (tertiary/aromatic N) is 3. The second-order valence-corrected chi connectivity index (χ2v) is 14.5. The van der Waals surface area contributed by atoms with Crippen LogP contribution in [0.2, 0.25) is 0 Å². The second-order valence-electron chi connectivity index (χ2n) is 14.5. The first-order valence-electron chi connectivity index (χ1n) is 19.5. The summed E-state index contributed by atoms with van der Waals surface area (Å²) in [6, 6.07) is 35.1. The number of likely N-dealkylation sites (tertiary alicyclic amines) is 1. The zero-order valence-electron chi connectivity index (χ0n) is 31.5. The van der Waals surface area contributed by atoms with Gasteiger partial charge in [0.1, 0.15) is 37.1 Å². The highest BCUT2D eigenvalue weighted by molar-refractivity contribution is 5.68. The number of piperidine rings is 2. The summed E-state index contributed by atoms with van der Waals surface area (Å²) >= 11 is 0. The van der Waals surface area contributed by atoms with Crippen LogP contribution in [0.3, 0.4) is 0 Å². The number of aromatic nitrogens is 1. The molecule has 2 N–H and O–H groups in total. The average Bonchev–Trinajstić information content (AvgIpc) is 3.24. The molecule has 1 aromatic heterocycles. The van der Waals surface area contributed by atoms with Gasteiger partial charge >= 0.3 is 6.09 Å². The number of hydrogen-bond acceptors (Lipinski definition) is 8. The quantitative estimate of drug-likeness (QED) is 0.109. The number of pyridine rings is 1. The lowest BCUT2D eigenvalue weighted by Gasteiger charge is -2.36. The lowest BCUT2D eigenvalue weighted by Crippen LogP contribution is -2.45. The lowest BCUT2D eigenvalue weighted by molar-refractivity contribution is 0.125. The third kappa shape index (κ3) is 11.0. The summed E-state index contributed by atoms with van der Waals surface area (Å²) in [6.07, 6.45) is 4.30. The third-order valence-electron chi connectivity index (χ3n) is 10.5. The first-order valence-corrected chi connectivity index (χ1v) is 19.5. The highest BCUT2D eigenvalue weighted by Crippen LogP contribution is 2.35. The number of alkyl carbamates (subject to hydrolysis) is 1. The molecule has 2 aliphatic heterocycles. The molecule has 7 rings (SSSR count). The van der Waals surface area contributed by atoms with Crippen LogP contribution in [0.5, 0.6) is 11.8 Å². The molecule has 0 aliphatic carbocycles. The number of hydrogen-bond donors (Lipinski definition) is 2. The monoisotopic (exact) mass is 761 g/mol. The summed E-state index contributed by atoms with van der Waals surface area (Å²) in [5.74, 6) is 0.0271.